The lowest BCUT2D eigenvalue weighted by atomic mass is 10.1. The molecule has 0 spiro atoms. The number of aryl methyl sites for hydroxylation is 1. The second kappa shape index (κ2) is 4.81. The molecule has 0 bridgehead atoms. The average molecular weight is 279 g/mol. The van der Waals surface area contributed by atoms with Crippen LogP contribution in [0, 0.1) is 6.92 Å². The van der Waals surface area contributed by atoms with E-state index < -0.39 is 0 Å². The van der Waals surface area contributed by atoms with Crippen molar-refractivity contribution in [2.24, 2.45) is 0 Å². The predicted molar refractivity (Wildman–Crippen MR) is 73.1 cm³/mol. The highest BCUT2D eigenvalue weighted by Crippen LogP contribution is 2.26. The van der Waals surface area contributed by atoms with Crippen molar-refractivity contribution in [1.82, 2.24) is 19.9 Å². The number of alkyl halides is 1. The van der Waals surface area contributed by atoms with E-state index in [4.69, 9.17) is 11.6 Å². The number of carbonyl (C=O) groups excluding carboxylic acids is 1. The first-order valence-corrected chi connectivity index (χ1v) is 6.89. The number of hydrogen-bond acceptors (Lipinski definition) is 3. The van der Waals surface area contributed by atoms with Gasteiger partial charge in [0.1, 0.15) is 11.3 Å². The van der Waals surface area contributed by atoms with Crippen LogP contribution in [0.15, 0.2) is 12.3 Å². The second-order valence-electron chi connectivity index (χ2n) is 4.83. The number of nitrogens with one attached hydrogen (secondary N) is 1. The number of aromatic nitrogens is 3. The summed E-state index contributed by atoms with van der Waals surface area (Å²) in [6, 6.07) is 2.13. The van der Waals surface area contributed by atoms with Crippen LogP contribution in [-0.4, -0.2) is 27.0 Å². The summed E-state index contributed by atoms with van der Waals surface area (Å²) in [7, 11) is 0. The van der Waals surface area contributed by atoms with E-state index in [1.807, 2.05) is 13.0 Å². The molecular weight excluding hydrogens is 264 g/mol. The summed E-state index contributed by atoms with van der Waals surface area (Å²) in [5.41, 5.74) is 2.85. The number of hydrogen-bond donors (Lipinski definition) is 1. The first kappa shape index (κ1) is 12.4. The Balaban J connectivity index is 2.11. The van der Waals surface area contributed by atoms with Crippen molar-refractivity contribution in [3.8, 4) is 0 Å². The SMILES string of the molecule is Cc1ccnc2c1nc(CCl)n2C1CCC(=O)NC1. The molecule has 1 N–H and O–H groups in total. The quantitative estimate of drug-likeness (QED) is 0.854. The molecule has 5 nitrogen and oxygen atoms in total. The molecule has 0 aliphatic carbocycles. The molecule has 0 radical (unpaired) electrons. The number of carbonyl (C=O) groups is 1. The molecule has 19 heavy (non-hydrogen) atoms. The Hall–Kier alpha value is -1.62. The Morgan fingerprint density at radius 3 is 3.11 bits per heavy atom. The summed E-state index contributed by atoms with van der Waals surface area (Å²) in [4.78, 5) is 20.3. The highest BCUT2D eigenvalue weighted by Gasteiger charge is 2.24. The minimum Gasteiger partial charge on any atom is -0.354 e. The normalized spacial score (nSPS) is 19.7. The molecule has 2 aromatic heterocycles. The largest absolute Gasteiger partial charge is 0.354 e. The monoisotopic (exact) mass is 278 g/mol. The fraction of sp³-hybridized carbons (Fsp3) is 0.462. The zero-order valence-electron chi connectivity index (χ0n) is 10.7. The number of piperidine rings is 1. The standard InChI is InChI=1S/C13H15ClN4O/c1-8-4-5-15-13-12(8)17-10(6-14)18(13)9-2-3-11(19)16-7-9/h4-5,9H,2-3,6-7H2,1H3,(H,16,19). The first-order valence-electron chi connectivity index (χ1n) is 6.35. The van der Waals surface area contributed by atoms with Crippen LogP contribution in [0.3, 0.4) is 0 Å². The summed E-state index contributed by atoms with van der Waals surface area (Å²) in [5.74, 6) is 1.28. The van der Waals surface area contributed by atoms with Crippen LogP contribution in [0.2, 0.25) is 0 Å². The van der Waals surface area contributed by atoms with Gasteiger partial charge in [-0.1, -0.05) is 0 Å². The van der Waals surface area contributed by atoms with Gasteiger partial charge < -0.3 is 9.88 Å². The Bertz CT molecular complexity index is 627. The van der Waals surface area contributed by atoms with Crippen molar-refractivity contribution in [1.29, 1.82) is 0 Å². The van der Waals surface area contributed by atoms with E-state index in [2.05, 4.69) is 19.9 Å². The Morgan fingerprint density at radius 1 is 1.58 bits per heavy atom. The molecule has 100 valence electrons. The minimum atomic E-state index is 0.109. The van der Waals surface area contributed by atoms with Crippen molar-refractivity contribution in [2.45, 2.75) is 31.7 Å². The van der Waals surface area contributed by atoms with Gasteiger partial charge in [0.2, 0.25) is 5.91 Å². The van der Waals surface area contributed by atoms with Gasteiger partial charge in [-0.25, -0.2) is 9.97 Å². The molecule has 1 amide bonds. The van der Waals surface area contributed by atoms with E-state index in [9.17, 15) is 4.79 Å². The third-order valence-corrected chi connectivity index (χ3v) is 3.82. The summed E-state index contributed by atoms with van der Waals surface area (Å²) < 4.78 is 2.08. The van der Waals surface area contributed by atoms with Crippen molar-refractivity contribution >= 4 is 28.7 Å². The predicted octanol–water partition coefficient (Wildman–Crippen LogP) is 1.93. The Morgan fingerprint density at radius 2 is 2.42 bits per heavy atom. The molecule has 2 aromatic rings. The number of nitrogens with zero attached hydrogens (tertiary/aromatic N) is 3. The van der Waals surface area contributed by atoms with Gasteiger partial charge in [0.05, 0.1) is 11.9 Å². The number of halogens is 1. The Labute approximate surface area is 116 Å². The summed E-state index contributed by atoms with van der Waals surface area (Å²) in [5, 5.41) is 2.89. The lowest BCUT2D eigenvalue weighted by Crippen LogP contribution is -2.36. The van der Waals surface area contributed by atoms with Crippen molar-refractivity contribution in [3.05, 3.63) is 23.7 Å². The molecule has 1 saturated heterocycles. The van der Waals surface area contributed by atoms with Crippen LogP contribution in [-0.2, 0) is 10.7 Å². The smallest absolute Gasteiger partial charge is 0.220 e. The van der Waals surface area contributed by atoms with Crippen LogP contribution in [0.25, 0.3) is 11.2 Å². The lowest BCUT2D eigenvalue weighted by molar-refractivity contribution is -0.122. The number of rotatable bonds is 2. The average Bonchev–Trinajstić information content (AvgIpc) is 2.80. The van der Waals surface area contributed by atoms with Gasteiger partial charge in [-0.05, 0) is 25.0 Å². The third kappa shape index (κ3) is 2.08. The van der Waals surface area contributed by atoms with Crippen molar-refractivity contribution < 1.29 is 4.79 Å². The number of pyridine rings is 1. The van der Waals surface area contributed by atoms with Crippen LogP contribution in [0.4, 0.5) is 0 Å². The van der Waals surface area contributed by atoms with Gasteiger partial charge in [-0.15, -0.1) is 11.6 Å². The number of imidazole rings is 1. The van der Waals surface area contributed by atoms with E-state index in [0.29, 0.717) is 18.8 Å². The van der Waals surface area contributed by atoms with Crippen LogP contribution in [0.1, 0.15) is 30.3 Å². The molecule has 1 unspecified atom stereocenters. The third-order valence-electron chi connectivity index (χ3n) is 3.58. The van der Waals surface area contributed by atoms with Gasteiger partial charge in [-0.3, -0.25) is 4.79 Å². The van der Waals surface area contributed by atoms with Crippen molar-refractivity contribution in [3.63, 3.8) is 0 Å². The van der Waals surface area contributed by atoms with E-state index in [-0.39, 0.29) is 11.9 Å². The lowest BCUT2D eigenvalue weighted by Gasteiger charge is -2.25. The molecule has 3 rings (SSSR count). The van der Waals surface area contributed by atoms with Gasteiger partial charge in [0, 0.05) is 19.2 Å². The summed E-state index contributed by atoms with van der Waals surface area (Å²) in [6.45, 7) is 2.63. The highest BCUT2D eigenvalue weighted by atomic mass is 35.5. The van der Waals surface area contributed by atoms with Gasteiger partial charge >= 0.3 is 0 Å². The van der Waals surface area contributed by atoms with Crippen LogP contribution in [0.5, 0.6) is 0 Å². The molecule has 0 saturated carbocycles. The minimum absolute atomic E-state index is 0.109. The zero-order valence-corrected chi connectivity index (χ0v) is 11.4. The first-order chi connectivity index (χ1) is 9.20. The molecule has 1 fully saturated rings. The topological polar surface area (TPSA) is 59.8 Å². The van der Waals surface area contributed by atoms with Gasteiger partial charge in [-0.2, -0.15) is 0 Å². The van der Waals surface area contributed by atoms with Crippen LogP contribution < -0.4 is 5.32 Å². The zero-order chi connectivity index (χ0) is 13.4. The molecular formula is C13H15ClN4O. The molecule has 6 heteroatoms. The molecule has 3 heterocycles. The fourth-order valence-corrected chi connectivity index (χ4v) is 2.76. The summed E-state index contributed by atoms with van der Waals surface area (Å²) >= 11 is 6.01. The maximum Gasteiger partial charge on any atom is 0.220 e. The maximum atomic E-state index is 11.3. The van der Waals surface area contributed by atoms with Crippen LogP contribution >= 0.6 is 11.6 Å². The molecule has 1 aliphatic rings. The van der Waals surface area contributed by atoms with Crippen molar-refractivity contribution in [2.75, 3.05) is 6.54 Å². The van der Waals surface area contributed by atoms with E-state index >= 15 is 0 Å². The second-order valence-corrected chi connectivity index (χ2v) is 5.10. The highest BCUT2D eigenvalue weighted by molar-refractivity contribution is 6.16. The molecule has 1 aliphatic heterocycles. The maximum absolute atomic E-state index is 11.3. The fourth-order valence-electron chi connectivity index (χ4n) is 2.57. The molecule has 1 atom stereocenters. The van der Waals surface area contributed by atoms with Gasteiger partial charge in [0.25, 0.3) is 0 Å². The van der Waals surface area contributed by atoms with E-state index in [1.54, 1.807) is 6.20 Å². The summed E-state index contributed by atoms with van der Waals surface area (Å²) in [6.07, 6.45) is 3.13. The van der Waals surface area contributed by atoms with E-state index in [0.717, 1.165) is 29.0 Å². The number of amides is 1. The number of fused-ring (bicyclic) bond motifs is 1. The molecule has 0 aromatic carbocycles. The Kier molecular flexibility index (Phi) is 3.14. The van der Waals surface area contributed by atoms with E-state index in [1.165, 1.54) is 0 Å². The van der Waals surface area contributed by atoms with Gasteiger partial charge in [0.15, 0.2) is 5.65 Å².